The summed E-state index contributed by atoms with van der Waals surface area (Å²) in [5, 5.41) is 9.32. The van der Waals surface area contributed by atoms with Crippen LogP contribution in [0.3, 0.4) is 0 Å². The van der Waals surface area contributed by atoms with Crippen molar-refractivity contribution in [1.29, 1.82) is 0 Å². The van der Waals surface area contributed by atoms with Gasteiger partial charge in [-0.1, -0.05) is 38.1 Å². The lowest BCUT2D eigenvalue weighted by Gasteiger charge is -2.34. The van der Waals surface area contributed by atoms with Crippen LogP contribution in [0.5, 0.6) is 0 Å². The Balaban J connectivity index is 2.26. The smallest absolute Gasteiger partial charge is 0.326 e. The fourth-order valence-corrected chi connectivity index (χ4v) is 2.47. The van der Waals surface area contributed by atoms with Crippen LogP contribution in [0.25, 0.3) is 0 Å². The third kappa shape index (κ3) is 2.95. The maximum absolute atomic E-state index is 12.2. The number of hydrogen-bond acceptors (Lipinski definition) is 2. The highest BCUT2D eigenvalue weighted by atomic mass is 16.4. The number of carboxylic acid groups (broad SMARTS) is 1. The van der Waals surface area contributed by atoms with Crippen molar-refractivity contribution in [3.8, 4) is 0 Å². The van der Waals surface area contributed by atoms with Crippen molar-refractivity contribution < 1.29 is 14.7 Å². The number of benzene rings is 1. The largest absolute Gasteiger partial charge is 0.480 e. The minimum absolute atomic E-state index is 0.0723. The van der Waals surface area contributed by atoms with Crippen molar-refractivity contribution >= 4 is 11.9 Å². The first-order chi connectivity index (χ1) is 8.99. The summed E-state index contributed by atoms with van der Waals surface area (Å²) in [4.78, 5) is 25.1. The Labute approximate surface area is 113 Å². The summed E-state index contributed by atoms with van der Waals surface area (Å²) in [6, 6.07) is 6.99. The quantitative estimate of drug-likeness (QED) is 0.906. The van der Waals surface area contributed by atoms with Gasteiger partial charge in [0.15, 0.2) is 0 Å². The van der Waals surface area contributed by atoms with E-state index < -0.39 is 12.0 Å². The van der Waals surface area contributed by atoms with Crippen molar-refractivity contribution in [2.45, 2.75) is 39.3 Å². The SMILES string of the molecule is CC(C)CC(=O)N1Cc2ccccc2C[C@@H]1C(=O)O. The summed E-state index contributed by atoms with van der Waals surface area (Å²) in [7, 11) is 0. The first-order valence-electron chi connectivity index (χ1n) is 6.58. The van der Waals surface area contributed by atoms with Crippen LogP contribution in [0.15, 0.2) is 24.3 Å². The van der Waals surface area contributed by atoms with Crippen molar-refractivity contribution in [2.75, 3.05) is 0 Å². The number of fused-ring (bicyclic) bond motifs is 1. The van der Waals surface area contributed by atoms with Gasteiger partial charge in [0.25, 0.3) is 0 Å². The van der Waals surface area contributed by atoms with Gasteiger partial charge >= 0.3 is 5.97 Å². The molecular weight excluding hydrogens is 242 g/mol. The lowest BCUT2D eigenvalue weighted by atomic mass is 9.93. The standard InChI is InChI=1S/C15H19NO3/c1-10(2)7-14(17)16-9-12-6-4-3-5-11(12)8-13(16)15(18)19/h3-6,10,13H,7-9H2,1-2H3,(H,18,19)/t13-/m1/s1. The molecular formula is C15H19NO3. The molecule has 1 heterocycles. The van der Waals surface area contributed by atoms with Gasteiger partial charge in [0.1, 0.15) is 6.04 Å². The Bertz CT molecular complexity index is 496. The minimum atomic E-state index is -0.924. The first-order valence-corrected chi connectivity index (χ1v) is 6.58. The van der Waals surface area contributed by atoms with Crippen LogP contribution in [0, 0.1) is 5.92 Å². The average molecular weight is 261 g/mol. The number of carboxylic acids is 1. The number of rotatable bonds is 3. The maximum atomic E-state index is 12.2. The molecule has 1 aromatic carbocycles. The Kier molecular flexibility index (Phi) is 3.88. The van der Waals surface area contributed by atoms with E-state index in [0.29, 0.717) is 19.4 Å². The summed E-state index contributed by atoms with van der Waals surface area (Å²) in [5.74, 6) is -0.761. The van der Waals surface area contributed by atoms with Crippen LogP contribution in [0.2, 0.25) is 0 Å². The van der Waals surface area contributed by atoms with E-state index >= 15 is 0 Å². The Hall–Kier alpha value is -1.84. The van der Waals surface area contributed by atoms with Gasteiger partial charge in [0.05, 0.1) is 0 Å². The molecule has 4 heteroatoms. The van der Waals surface area contributed by atoms with Crippen LogP contribution >= 0.6 is 0 Å². The first kappa shape index (κ1) is 13.6. The van der Waals surface area contributed by atoms with Gasteiger partial charge < -0.3 is 10.0 Å². The normalized spacial score (nSPS) is 18.3. The molecule has 1 amide bonds. The zero-order chi connectivity index (χ0) is 14.0. The lowest BCUT2D eigenvalue weighted by molar-refractivity contribution is -0.151. The Morgan fingerprint density at radius 3 is 2.53 bits per heavy atom. The number of hydrogen-bond donors (Lipinski definition) is 1. The van der Waals surface area contributed by atoms with Crippen molar-refractivity contribution in [3.05, 3.63) is 35.4 Å². The maximum Gasteiger partial charge on any atom is 0.326 e. The van der Waals surface area contributed by atoms with Gasteiger partial charge in [-0.25, -0.2) is 4.79 Å². The number of aliphatic carboxylic acids is 1. The van der Waals surface area contributed by atoms with E-state index in [1.54, 1.807) is 0 Å². The molecule has 1 aliphatic heterocycles. The third-order valence-corrected chi connectivity index (χ3v) is 3.44. The molecule has 1 aliphatic rings. The van der Waals surface area contributed by atoms with E-state index in [1.807, 2.05) is 38.1 Å². The van der Waals surface area contributed by atoms with E-state index in [9.17, 15) is 14.7 Å². The molecule has 2 rings (SSSR count). The molecule has 0 spiro atoms. The topological polar surface area (TPSA) is 57.6 Å². The van der Waals surface area contributed by atoms with Crippen LogP contribution in [-0.2, 0) is 22.6 Å². The van der Waals surface area contributed by atoms with Crippen LogP contribution in [0.4, 0.5) is 0 Å². The Morgan fingerprint density at radius 2 is 1.95 bits per heavy atom. The van der Waals surface area contributed by atoms with Crippen molar-refractivity contribution in [1.82, 2.24) is 4.90 Å². The zero-order valence-corrected chi connectivity index (χ0v) is 11.3. The van der Waals surface area contributed by atoms with E-state index in [0.717, 1.165) is 11.1 Å². The van der Waals surface area contributed by atoms with E-state index in [2.05, 4.69) is 0 Å². The second-order valence-electron chi connectivity index (χ2n) is 5.45. The lowest BCUT2D eigenvalue weighted by Crippen LogP contribution is -2.48. The number of carbonyl (C=O) groups is 2. The molecule has 0 saturated heterocycles. The van der Waals surface area contributed by atoms with Gasteiger partial charge in [-0.15, -0.1) is 0 Å². The molecule has 1 atom stereocenters. The molecule has 0 fully saturated rings. The van der Waals surface area contributed by atoms with E-state index in [4.69, 9.17) is 0 Å². The predicted molar refractivity (Wildman–Crippen MR) is 71.6 cm³/mol. The molecule has 0 unspecified atom stereocenters. The summed E-state index contributed by atoms with van der Waals surface area (Å²) < 4.78 is 0. The van der Waals surface area contributed by atoms with Gasteiger partial charge in [-0.2, -0.15) is 0 Å². The fourth-order valence-electron chi connectivity index (χ4n) is 2.47. The zero-order valence-electron chi connectivity index (χ0n) is 11.3. The highest BCUT2D eigenvalue weighted by Gasteiger charge is 2.34. The molecule has 19 heavy (non-hydrogen) atoms. The van der Waals surface area contributed by atoms with Crippen LogP contribution in [-0.4, -0.2) is 27.9 Å². The Morgan fingerprint density at radius 1 is 1.32 bits per heavy atom. The molecule has 4 nitrogen and oxygen atoms in total. The molecule has 1 aromatic rings. The molecule has 0 radical (unpaired) electrons. The minimum Gasteiger partial charge on any atom is -0.480 e. The number of nitrogens with zero attached hydrogens (tertiary/aromatic N) is 1. The second-order valence-corrected chi connectivity index (χ2v) is 5.45. The fraction of sp³-hybridized carbons (Fsp3) is 0.467. The van der Waals surface area contributed by atoms with Gasteiger partial charge in [0.2, 0.25) is 5.91 Å². The van der Waals surface area contributed by atoms with Crippen LogP contribution < -0.4 is 0 Å². The highest BCUT2D eigenvalue weighted by Crippen LogP contribution is 2.24. The monoisotopic (exact) mass is 261 g/mol. The molecule has 102 valence electrons. The predicted octanol–water partition coefficient (Wildman–Crippen LogP) is 2.07. The van der Waals surface area contributed by atoms with Gasteiger partial charge in [0, 0.05) is 19.4 Å². The second kappa shape index (κ2) is 5.43. The highest BCUT2D eigenvalue weighted by molar-refractivity contribution is 5.84. The van der Waals surface area contributed by atoms with Crippen LogP contribution in [0.1, 0.15) is 31.4 Å². The summed E-state index contributed by atoms with van der Waals surface area (Å²) >= 11 is 0. The molecule has 1 N–H and O–H groups in total. The van der Waals surface area contributed by atoms with Crippen molar-refractivity contribution in [3.63, 3.8) is 0 Å². The summed E-state index contributed by atoms with van der Waals surface area (Å²) in [6.07, 6.45) is 0.793. The van der Waals surface area contributed by atoms with E-state index in [1.165, 1.54) is 4.90 Å². The number of carbonyl (C=O) groups excluding carboxylic acids is 1. The molecule has 0 aliphatic carbocycles. The summed E-state index contributed by atoms with van der Waals surface area (Å²) in [5.41, 5.74) is 2.08. The van der Waals surface area contributed by atoms with Gasteiger partial charge in [-0.3, -0.25) is 4.79 Å². The van der Waals surface area contributed by atoms with E-state index in [-0.39, 0.29) is 11.8 Å². The van der Waals surface area contributed by atoms with Gasteiger partial charge in [-0.05, 0) is 17.0 Å². The average Bonchev–Trinajstić information content (AvgIpc) is 2.36. The van der Waals surface area contributed by atoms with Crippen molar-refractivity contribution in [2.24, 2.45) is 5.92 Å². The molecule has 0 aromatic heterocycles. The summed E-state index contributed by atoms with van der Waals surface area (Å²) in [6.45, 7) is 4.33. The number of amides is 1. The third-order valence-electron chi connectivity index (χ3n) is 3.44. The molecule has 0 saturated carbocycles. The molecule has 0 bridgehead atoms.